The van der Waals surface area contributed by atoms with E-state index in [1.165, 1.54) is 11.6 Å². The molecular formula is C25H23FN2O3. The molecule has 0 atom stereocenters. The first-order valence-corrected chi connectivity index (χ1v) is 9.98. The van der Waals surface area contributed by atoms with E-state index >= 15 is 0 Å². The van der Waals surface area contributed by atoms with Gasteiger partial charge in [-0.2, -0.15) is 0 Å². The second kappa shape index (κ2) is 8.22. The van der Waals surface area contributed by atoms with Crippen LogP contribution in [-0.2, 0) is 10.2 Å². The van der Waals surface area contributed by atoms with E-state index in [2.05, 4.69) is 31.1 Å². The fraction of sp³-hybridized carbons (Fsp3) is 0.200. The Balaban J connectivity index is 1.41. The number of halogens is 1. The summed E-state index contributed by atoms with van der Waals surface area (Å²) in [4.78, 5) is 16.6. The lowest BCUT2D eigenvalue weighted by atomic mass is 9.87. The van der Waals surface area contributed by atoms with Gasteiger partial charge in [0, 0.05) is 5.69 Å². The molecule has 1 amide bonds. The molecule has 0 aliphatic rings. The van der Waals surface area contributed by atoms with Crippen molar-refractivity contribution in [3.05, 3.63) is 78.1 Å². The Kier molecular flexibility index (Phi) is 5.46. The fourth-order valence-corrected chi connectivity index (χ4v) is 3.15. The highest BCUT2D eigenvalue weighted by molar-refractivity contribution is 5.94. The first kappa shape index (κ1) is 20.6. The van der Waals surface area contributed by atoms with Crippen LogP contribution < -0.4 is 10.1 Å². The number of benzene rings is 3. The molecule has 5 nitrogen and oxygen atoms in total. The van der Waals surface area contributed by atoms with Gasteiger partial charge in [0.2, 0.25) is 5.89 Å². The van der Waals surface area contributed by atoms with Gasteiger partial charge in [-0.05, 0) is 53.4 Å². The number of hydrogen-bond acceptors (Lipinski definition) is 4. The summed E-state index contributed by atoms with van der Waals surface area (Å²) in [5.74, 6) is 0.121. The highest BCUT2D eigenvalue weighted by atomic mass is 19.1. The zero-order valence-electron chi connectivity index (χ0n) is 17.6. The normalized spacial score (nSPS) is 11.5. The quantitative estimate of drug-likeness (QED) is 0.435. The van der Waals surface area contributed by atoms with Crippen molar-refractivity contribution in [3.63, 3.8) is 0 Å². The molecule has 4 rings (SSSR count). The molecule has 0 unspecified atom stereocenters. The zero-order chi connectivity index (χ0) is 22.0. The molecule has 0 spiro atoms. The van der Waals surface area contributed by atoms with Crippen LogP contribution in [0.4, 0.5) is 10.1 Å². The van der Waals surface area contributed by atoms with Gasteiger partial charge in [-0.25, -0.2) is 9.37 Å². The molecule has 0 aliphatic heterocycles. The van der Waals surface area contributed by atoms with E-state index < -0.39 is 5.82 Å². The minimum Gasteiger partial charge on any atom is -0.484 e. The standard InChI is InChI=1S/C25H23FN2O3/c1-25(2,3)16-8-11-18(12-9-16)30-15-23(29)27-17-10-13-22-21(14-17)28-24(31-22)19-6-4-5-7-20(19)26/h4-14H,15H2,1-3H3,(H,27,29). The number of aromatic nitrogens is 1. The van der Waals surface area contributed by atoms with E-state index in [0.29, 0.717) is 22.5 Å². The van der Waals surface area contributed by atoms with Crippen LogP contribution in [0.1, 0.15) is 26.3 Å². The molecule has 4 aromatic rings. The third kappa shape index (κ3) is 4.74. The molecule has 1 aromatic heterocycles. The van der Waals surface area contributed by atoms with E-state index in [1.807, 2.05) is 24.3 Å². The summed E-state index contributed by atoms with van der Waals surface area (Å²) in [6.07, 6.45) is 0. The number of fused-ring (bicyclic) bond motifs is 1. The molecule has 0 saturated heterocycles. The van der Waals surface area contributed by atoms with Crippen molar-refractivity contribution < 1.29 is 18.3 Å². The molecule has 3 aromatic carbocycles. The molecule has 6 heteroatoms. The van der Waals surface area contributed by atoms with Crippen molar-refractivity contribution in [2.75, 3.05) is 11.9 Å². The van der Waals surface area contributed by atoms with Crippen molar-refractivity contribution in [2.24, 2.45) is 0 Å². The molecule has 158 valence electrons. The number of rotatable bonds is 5. The van der Waals surface area contributed by atoms with Crippen molar-refractivity contribution in [3.8, 4) is 17.2 Å². The largest absolute Gasteiger partial charge is 0.484 e. The van der Waals surface area contributed by atoms with Gasteiger partial charge in [-0.3, -0.25) is 4.79 Å². The van der Waals surface area contributed by atoms with Crippen molar-refractivity contribution in [1.29, 1.82) is 0 Å². The summed E-state index contributed by atoms with van der Waals surface area (Å²) in [7, 11) is 0. The second-order valence-electron chi connectivity index (χ2n) is 8.29. The maximum atomic E-state index is 14.0. The Morgan fingerprint density at radius 2 is 1.81 bits per heavy atom. The number of amides is 1. The van der Waals surface area contributed by atoms with Crippen molar-refractivity contribution in [1.82, 2.24) is 4.98 Å². The van der Waals surface area contributed by atoms with Gasteiger partial charge in [0.05, 0.1) is 5.56 Å². The predicted octanol–water partition coefficient (Wildman–Crippen LogP) is 5.95. The number of ether oxygens (including phenoxy) is 1. The molecule has 0 aliphatic carbocycles. The summed E-state index contributed by atoms with van der Waals surface area (Å²) in [6, 6.07) is 19.1. The minimum absolute atomic E-state index is 0.0574. The molecule has 0 saturated carbocycles. The Morgan fingerprint density at radius 3 is 2.52 bits per heavy atom. The number of anilines is 1. The van der Waals surface area contributed by atoms with Gasteiger partial charge < -0.3 is 14.5 Å². The van der Waals surface area contributed by atoms with E-state index in [4.69, 9.17) is 9.15 Å². The van der Waals surface area contributed by atoms with Crippen LogP contribution in [0.3, 0.4) is 0 Å². The molecule has 1 N–H and O–H groups in total. The highest BCUT2D eigenvalue weighted by Gasteiger charge is 2.14. The van der Waals surface area contributed by atoms with Crippen LogP contribution in [0.2, 0.25) is 0 Å². The van der Waals surface area contributed by atoms with Gasteiger partial charge >= 0.3 is 0 Å². The summed E-state index contributed by atoms with van der Waals surface area (Å²) >= 11 is 0. The third-order valence-corrected chi connectivity index (χ3v) is 4.87. The SMILES string of the molecule is CC(C)(C)c1ccc(OCC(=O)Nc2ccc3oc(-c4ccccc4F)nc3c2)cc1. The van der Waals surface area contributed by atoms with Crippen LogP contribution in [0.25, 0.3) is 22.6 Å². The number of carbonyl (C=O) groups excluding carboxylic acids is 1. The van der Waals surface area contributed by atoms with E-state index in [-0.39, 0.29) is 29.4 Å². The summed E-state index contributed by atoms with van der Waals surface area (Å²) in [5, 5.41) is 2.78. The minimum atomic E-state index is -0.407. The highest BCUT2D eigenvalue weighted by Crippen LogP contribution is 2.28. The molecule has 0 fully saturated rings. The fourth-order valence-electron chi connectivity index (χ4n) is 3.15. The first-order valence-electron chi connectivity index (χ1n) is 9.98. The average Bonchev–Trinajstić information content (AvgIpc) is 3.15. The maximum absolute atomic E-state index is 14.0. The summed E-state index contributed by atoms with van der Waals surface area (Å²) in [6.45, 7) is 6.30. The van der Waals surface area contributed by atoms with Crippen LogP contribution in [0.5, 0.6) is 5.75 Å². The lowest BCUT2D eigenvalue weighted by molar-refractivity contribution is -0.118. The Morgan fingerprint density at radius 1 is 1.06 bits per heavy atom. The van der Waals surface area contributed by atoms with Gasteiger partial charge in [-0.1, -0.05) is 45.0 Å². The molecule has 0 bridgehead atoms. The lowest BCUT2D eigenvalue weighted by Gasteiger charge is -2.19. The lowest BCUT2D eigenvalue weighted by Crippen LogP contribution is -2.20. The number of nitrogens with zero attached hydrogens (tertiary/aromatic N) is 1. The van der Waals surface area contributed by atoms with Crippen molar-refractivity contribution >= 4 is 22.7 Å². The molecular weight excluding hydrogens is 395 g/mol. The van der Waals surface area contributed by atoms with Crippen LogP contribution in [-0.4, -0.2) is 17.5 Å². The van der Waals surface area contributed by atoms with Gasteiger partial charge in [-0.15, -0.1) is 0 Å². The first-order chi connectivity index (χ1) is 14.8. The maximum Gasteiger partial charge on any atom is 0.262 e. The molecule has 31 heavy (non-hydrogen) atoms. The zero-order valence-corrected chi connectivity index (χ0v) is 17.6. The van der Waals surface area contributed by atoms with Gasteiger partial charge in [0.1, 0.15) is 17.1 Å². The van der Waals surface area contributed by atoms with E-state index in [9.17, 15) is 9.18 Å². The topological polar surface area (TPSA) is 64.4 Å². The number of oxazole rings is 1. The summed E-state index contributed by atoms with van der Waals surface area (Å²) < 4.78 is 25.2. The Bertz CT molecular complexity index is 1220. The monoisotopic (exact) mass is 418 g/mol. The number of hydrogen-bond donors (Lipinski definition) is 1. The smallest absolute Gasteiger partial charge is 0.262 e. The Hall–Kier alpha value is -3.67. The Labute approximate surface area is 179 Å². The van der Waals surface area contributed by atoms with Crippen LogP contribution in [0.15, 0.2) is 71.1 Å². The third-order valence-electron chi connectivity index (χ3n) is 4.87. The van der Waals surface area contributed by atoms with E-state index in [1.54, 1.807) is 36.4 Å². The van der Waals surface area contributed by atoms with Crippen LogP contribution in [0, 0.1) is 5.82 Å². The van der Waals surface area contributed by atoms with E-state index in [0.717, 1.165) is 0 Å². The second-order valence-corrected chi connectivity index (χ2v) is 8.29. The van der Waals surface area contributed by atoms with Gasteiger partial charge in [0.25, 0.3) is 5.91 Å². The van der Waals surface area contributed by atoms with Gasteiger partial charge in [0.15, 0.2) is 12.2 Å². The number of carbonyl (C=O) groups is 1. The molecule has 0 radical (unpaired) electrons. The number of nitrogens with one attached hydrogen (secondary N) is 1. The van der Waals surface area contributed by atoms with Crippen molar-refractivity contribution in [2.45, 2.75) is 26.2 Å². The summed E-state index contributed by atoms with van der Waals surface area (Å²) in [5.41, 5.74) is 3.12. The molecule has 1 heterocycles. The average molecular weight is 418 g/mol. The predicted molar refractivity (Wildman–Crippen MR) is 119 cm³/mol. The van der Waals surface area contributed by atoms with Crippen LogP contribution >= 0.6 is 0 Å².